The SMILES string of the molecule is CCOC(=O)C1(C(=O)OCC)C(c2ccc(F)cc2)C1(C#N)C#N. The lowest BCUT2D eigenvalue weighted by Gasteiger charge is -2.15. The first-order valence-corrected chi connectivity index (χ1v) is 7.38. The molecule has 0 aliphatic heterocycles. The van der Waals surface area contributed by atoms with Gasteiger partial charge in [-0.05, 0) is 31.5 Å². The zero-order valence-corrected chi connectivity index (χ0v) is 13.2. The molecular weight excluding hydrogens is 315 g/mol. The molecule has 1 atom stereocenters. The van der Waals surface area contributed by atoms with Crippen molar-refractivity contribution in [2.75, 3.05) is 13.2 Å². The van der Waals surface area contributed by atoms with E-state index in [1.54, 1.807) is 26.0 Å². The first kappa shape index (κ1) is 17.4. The van der Waals surface area contributed by atoms with Crippen LogP contribution in [-0.4, -0.2) is 25.2 Å². The summed E-state index contributed by atoms with van der Waals surface area (Å²) in [6, 6.07) is 8.50. The molecule has 1 saturated carbocycles. The zero-order valence-electron chi connectivity index (χ0n) is 13.2. The number of hydrogen-bond acceptors (Lipinski definition) is 6. The zero-order chi connectivity index (χ0) is 18.0. The summed E-state index contributed by atoms with van der Waals surface area (Å²) in [6.07, 6.45) is 0. The van der Waals surface area contributed by atoms with E-state index in [-0.39, 0.29) is 13.2 Å². The Morgan fingerprint density at radius 2 is 1.54 bits per heavy atom. The van der Waals surface area contributed by atoms with Crippen LogP contribution in [0.1, 0.15) is 25.3 Å². The molecule has 1 unspecified atom stereocenters. The minimum absolute atomic E-state index is 0.0247. The molecule has 0 aromatic heterocycles. The third kappa shape index (κ3) is 2.13. The molecule has 1 aromatic carbocycles. The van der Waals surface area contributed by atoms with Crippen LogP contribution < -0.4 is 0 Å². The van der Waals surface area contributed by atoms with E-state index < -0.39 is 34.5 Å². The van der Waals surface area contributed by atoms with Crippen molar-refractivity contribution in [3.8, 4) is 12.1 Å². The lowest BCUT2D eigenvalue weighted by atomic mass is 9.95. The van der Waals surface area contributed by atoms with Crippen LogP contribution in [0.4, 0.5) is 4.39 Å². The third-order valence-electron chi connectivity index (χ3n) is 4.16. The van der Waals surface area contributed by atoms with Gasteiger partial charge in [-0.1, -0.05) is 12.1 Å². The highest BCUT2D eigenvalue weighted by molar-refractivity contribution is 6.09. The minimum atomic E-state index is -2.07. The first-order valence-electron chi connectivity index (χ1n) is 7.38. The van der Waals surface area contributed by atoms with Crippen molar-refractivity contribution in [1.29, 1.82) is 10.5 Å². The molecule has 0 saturated heterocycles. The highest BCUT2D eigenvalue weighted by atomic mass is 19.1. The van der Waals surface area contributed by atoms with Crippen LogP contribution in [0.15, 0.2) is 24.3 Å². The molecule has 1 fully saturated rings. The van der Waals surface area contributed by atoms with Crippen LogP contribution in [0.25, 0.3) is 0 Å². The summed E-state index contributed by atoms with van der Waals surface area (Å²) >= 11 is 0. The van der Waals surface area contributed by atoms with Gasteiger partial charge in [0.25, 0.3) is 0 Å². The van der Waals surface area contributed by atoms with E-state index >= 15 is 0 Å². The van der Waals surface area contributed by atoms with Crippen LogP contribution in [0, 0.1) is 39.3 Å². The summed E-state index contributed by atoms with van der Waals surface area (Å²) in [4.78, 5) is 25.1. The molecule has 124 valence electrons. The smallest absolute Gasteiger partial charge is 0.327 e. The van der Waals surface area contributed by atoms with Gasteiger partial charge in [-0.2, -0.15) is 10.5 Å². The summed E-state index contributed by atoms with van der Waals surface area (Å²) in [5.74, 6) is -3.57. The summed E-state index contributed by atoms with van der Waals surface area (Å²) in [6.45, 7) is 3.05. The molecule has 0 radical (unpaired) electrons. The van der Waals surface area contributed by atoms with Gasteiger partial charge in [0.1, 0.15) is 5.82 Å². The molecule has 0 amide bonds. The van der Waals surface area contributed by atoms with Gasteiger partial charge >= 0.3 is 11.9 Å². The maximum Gasteiger partial charge on any atom is 0.327 e. The summed E-state index contributed by atoms with van der Waals surface area (Å²) < 4.78 is 23.1. The Morgan fingerprint density at radius 3 is 1.92 bits per heavy atom. The molecule has 0 bridgehead atoms. The van der Waals surface area contributed by atoms with Crippen molar-refractivity contribution in [3.63, 3.8) is 0 Å². The summed E-state index contributed by atoms with van der Waals surface area (Å²) in [5, 5.41) is 19.1. The molecule has 1 aliphatic rings. The van der Waals surface area contributed by atoms with Gasteiger partial charge < -0.3 is 9.47 Å². The van der Waals surface area contributed by atoms with Crippen molar-refractivity contribution < 1.29 is 23.5 Å². The molecule has 1 aromatic rings. The molecule has 0 heterocycles. The standard InChI is InChI=1S/C17H15FN2O4/c1-3-23-14(21)17(15(22)24-4-2)13(16(17,9-19)10-20)11-5-7-12(18)8-6-11/h5-8,13H,3-4H2,1-2H3. The van der Waals surface area contributed by atoms with Crippen molar-refractivity contribution in [2.45, 2.75) is 19.8 Å². The quantitative estimate of drug-likeness (QED) is 0.605. The van der Waals surface area contributed by atoms with Gasteiger partial charge in [-0.25, -0.2) is 4.39 Å². The Kier molecular flexibility index (Phi) is 4.57. The number of carbonyl (C=O) groups excluding carboxylic acids is 2. The number of nitrogens with zero attached hydrogens (tertiary/aromatic N) is 2. The van der Waals surface area contributed by atoms with Gasteiger partial charge in [-0.15, -0.1) is 0 Å². The van der Waals surface area contributed by atoms with E-state index in [9.17, 15) is 24.5 Å². The molecule has 1 aliphatic carbocycles. The van der Waals surface area contributed by atoms with Crippen LogP contribution in [0.2, 0.25) is 0 Å². The number of benzene rings is 1. The molecule has 6 nitrogen and oxygen atoms in total. The number of carbonyl (C=O) groups is 2. The second-order valence-electron chi connectivity index (χ2n) is 5.27. The molecule has 7 heteroatoms. The predicted molar refractivity (Wildman–Crippen MR) is 78.5 cm³/mol. The minimum Gasteiger partial charge on any atom is -0.465 e. The average Bonchev–Trinajstić information content (AvgIpc) is 3.21. The Hall–Kier alpha value is -2.93. The van der Waals surface area contributed by atoms with Gasteiger partial charge in [0.2, 0.25) is 5.41 Å². The highest BCUT2D eigenvalue weighted by Crippen LogP contribution is 2.74. The molecule has 24 heavy (non-hydrogen) atoms. The van der Waals surface area contributed by atoms with E-state index in [4.69, 9.17) is 9.47 Å². The van der Waals surface area contributed by atoms with Crippen LogP contribution in [0.3, 0.4) is 0 Å². The monoisotopic (exact) mass is 330 g/mol. The van der Waals surface area contributed by atoms with Crippen molar-refractivity contribution in [1.82, 2.24) is 0 Å². The Morgan fingerprint density at radius 1 is 1.08 bits per heavy atom. The maximum absolute atomic E-state index is 13.2. The Bertz CT molecular complexity index is 713. The van der Waals surface area contributed by atoms with E-state index in [1.807, 2.05) is 0 Å². The number of nitriles is 2. The second-order valence-corrected chi connectivity index (χ2v) is 5.27. The van der Waals surface area contributed by atoms with E-state index in [2.05, 4.69) is 0 Å². The lowest BCUT2D eigenvalue weighted by Crippen LogP contribution is -2.35. The van der Waals surface area contributed by atoms with Crippen LogP contribution in [0.5, 0.6) is 0 Å². The first-order chi connectivity index (χ1) is 11.5. The second kappa shape index (κ2) is 6.29. The van der Waals surface area contributed by atoms with Crippen LogP contribution >= 0.6 is 0 Å². The number of halogens is 1. The van der Waals surface area contributed by atoms with Gasteiger partial charge in [0.05, 0.1) is 25.4 Å². The average molecular weight is 330 g/mol. The fourth-order valence-electron chi connectivity index (χ4n) is 3.09. The van der Waals surface area contributed by atoms with Gasteiger partial charge in [0, 0.05) is 5.92 Å². The highest BCUT2D eigenvalue weighted by Gasteiger charge is 2.89. The normalized spacial score (nSPS) is 19.5. The fourth-order valence-corrected chi connectivity index (χ4v) is 3.09. The number of hydrogen-bond donors (Lipinski definition) is 0. The molecule has 0 N–H and O–H groups in total. The van der Waals surface area contributed by atoms with Crippen molar-refractivity contribution in [2.24, 2.45) is 10.8 Å². The van der Waals surface area contributed by atoms with E-state index in [1.165, 1.54) is 12.1 Å². The van der Waals surface area contributed by atoms with Gasteiger partial charge in [0.15, 0.2) is 5.41 Å². The summed E-state index contributed by atoms with van der Waals surface area (Å²) in [7, 11) is 0. The van der Waals surface area contributed by atoms with E-state index in [0.717, 1.165) is 12.1 Å². The number of ether oxygens (including phenoxy) is 2. The lowest BCUT2D eigenvalue weighted by molar-refractivity contribution is -0.165. The fraction of sp³-hybridized carbons (Fsp3) is 0.412. The van der Waals surface area contributed by atoms with E-state index in [0.29, 0.717) is 5.56 Å². The van der Waals surface area contributed by atoms with Crippen molar-refractivity contribution in [3.05, 3.63) is 35.6 Å². The largest absolute Gasteiger partial charge is 0.465 e. The topological polar surface area (TPSA) is 100 Å². The third-order valence-corrected chi connectivity index (χ3v) is 4.16. The van der Waals surface area contributed by atoms with Crippen molar-refractivity contribution >= 4 is 11.9 Å². The number of rotatable bonds is 5. The molecule has 0 spiro atoms. The predicted octanol–water partition coefficient (Wildman–Crippen LogP) is 2.07. The number of esters is 2. The summed E-state index contributed by atoms with van der Waals surface area (Å²) in [5.41, 5.74) is -3.70. The maximum atomic E-state index is 13.2. The van der Waals surface area contributed by atoms with Gasteiger partial charge in [-0.3, -0.25) is 9.59 Å². The Labute approximate surface area is 138 Å². The molecule has 2 rings (SSSR count). The Balaban J connectivity index is 2.64. The molecular formula is C17H15FN2O4. The van der Waals surface area contributed by atoms with Crippen LogP contribution in [-0.2, 0) is 19.1 Å².